The Morgan fingerprint density at radius 2 is 2.06 bits per heavy atom. The molecule has 2 fully saturated rings. The van der Waals surface area contributed by atoms with Crippen molar-refractivity contribution in [2.24, 2.45) is 5.92 Å². The van der Waals surface area contributed by atoms with Crippen molar-refractivity contribution < 1.29 is 4.74 Å². The van der Waals surface area contributed by atoms with Crippen LogP contribution in [-0.2, 0) is 4.74 Å². The lowest BCUT2D eigenvalue weighted by atomic mass is 9.94. The number of nitrogens with zero attached hydrogens (tertiary/aromatic N) is 1. The lowest BCUT2D eigenvalue weighted by molar-refractivity contribution is 0.0145. The first kappa shape index (κ1) is 12.3. The predicted octanol–water partition coefficient (Wildman–Crippen LogP) is 1.49. The van der Waals surface area contributed by atoms with E-state index in [1.807, 2.05) is 0 Å². The Morgan fingerprint density at radius 3 is 2.81 bits per heavy atom. The highest BCUT2D eigenvalue weighted by Gasteiger charge is 2.27. The van der Waals surface area contributed by atoms with E-state index in [9.17, 15) is 0 Å². The Balaban J connectivity index is 1.80. The maximum absolute atomic E-state index is 5.63. The van der Waals surface area contributed by atoms with E-state index in [0.29, 0.717) is 12.0 Å². The average molecular weight is 226 g/mol. The van der Waals surface area contributed by atoms with Crippen molar-refractivity contribution in [3.05, 3.63) is 0 Å². The lowest BCUT2D eigenvalue weighted by Crippen LogP contribution is -2.48. The van der Waals surface area contributed by atoms with Gasteiger partial charge in [-0.2, -0.15) is 0 Å². The average Bonchev–Trinajstić information content (AvgIpc) is 2.33. The van der Waals surface area contributed by atoms with Crippen molar-refractivity contribution >= 4 is 0 Å². The maximum Gasteiger partial charge on any atom is 0.0521 e. The van der Waals surface area contributed by atoms with Crippen LogP contribution in [0, 0.1) is 5.92 Å². The third kappa shape index (κ3) is 3.44. The van der Waals surface area contributed by atoms with E-state index >= 15 is 0 Å². The van der Waals surface area contributed by atoms with Gasteiger partial charge in [0.1, 0.15) is 0 Å². The van der Waals surface area contributed by atoms with E-state index < -0.39 is 0 Å². The highest BCUT2D eigenvalue weighted by molar-refractivity contribution is 4.82. The van der Waals surface area contributed by atoms with Gasteiger partial charge in [-0.3, -0.25) is 0 Å². The molecule has 0 aromatic carbocycles. The van der Waals surface area contributed by atoms with Gasteiger partial charge < -0.3 is 15.0 Å². The van der Waals surface area contributed by atoms with E-state index in [0.717, 1.165) is 19.8 Å². The molecule has 2 unspecified atom stereocenters. The minimum atomic E-state index is 0.681. The molecule has 2 aliphatic heterocycles. The zero-order valence-corrected chi connectivity index (χ0v) is 10.6. The van der Waals surface area contributed by atoms with Crippen molar-refractivity contribution in [1.82, 2.24) is 10.2 Å². The summed E-state index contributed by atoms with van der Waals surface area (Å²) in [5, 5.41) is 3.62. The lowest BCUT2D eigenvalue weighted by Gasteiger charge is -2.37. The molecule has 2 atom stereocenters. The fourth-order valence-electron chi connectivity index (χ4n) is 2.98. The van der Waals surface area contributed by atoms with Crippen LogP contribution in [0.15, 0.2) is 0 Å². The molecule has 16 heavy (non-hydrogen) atoms. The molecular weight excluding hydrogens is 200 g/mol. The third-order valence-electron chi connectivity index (χ3n) is 3.88. The predicted molar refractivity (Wildman–Crippen MR) is 66.7 cm³/mol. The largest absolute Gasteiger partial charge is 0.381 e. The van der Waals surface area contributed by atoms with Crippen LogP contribution in [0.1, 0.15) is 32.6 Å². The summed E-state index contributed by atoms with van der Waals surface area (Å²) in [6.45, 7) is 9.01. The van der Waals surface area contributed by atoms with Crippen molar-refractivity contribution in [3.63, 3.8) is 0 Å². The van der Waals surface area contributed by atoms with Gasteiger partial charge in [0, 0.05) is 25.1 Å². The van der Waals surface area contributed by atoms with Crippen molar-refractivity contribution in [2.75, 3.05) is 39.4 Å². The second-order valence-electron chi connectivity index (χ2n) is 5.15. The Morgan fingerprint density at radius 1 is 1.25 bits per heavy atom. The Hall–Kier alpha value is -0.120. The summed E-state index contributed by atoms with van der Waals surface area (Å²) in [6.07, 6.45) is 5.39. The fourth-order valence-corrected chi connectivity index (χ4v) is 2.98. The van der Waals surface area contributed by atoms with E-state index in [2.05, 4.69) is 17.1 Å². The van der Waals surface area contributed by atoms with Crippen LogP contribution >= 0.6 is 0 Å². The van der Waals surface area contributed by atoms with E-state index in [1.165, 1.54) is 45.3 Å². The van der Waals surface area contributed by atoms with Crippen molar-refractivity contribution in [2.45, 2.75) is 38.6 Å². The smallest absolute Gasteiger partial charge is 0.0521 e. The molecule has 0 aromatic heterocycles. The molecule has 3 heteroatoms. The Labute approximate surface area is 99.5 Å². The summed E-state index contributed by atoms with van der Waals surface area (Å²) in [7, 11) is 0. The summed E-state index contributed by atoms with van der Waals surface area (Å²) in [6, 6.07) is 0.681. The van der Waals surface area contributed by atoms with Gasteiger partial charge in [0.2, 0.25) is 0 Å². The molecule has 0 saturated carbocycles. The van der Waals surface area contributed by atoms with Gasteiger partial charge >= 0.3 is 0 Å². The molecule has 1 N–H and O–H groups in total. The molecule has 2 aliphatic rings. The normalized spacial score (nSPS) is 32.8. The molecule has 2 heterocycles. The van der Waals surface area contributed by atoms with Gasteiger partial charge in [-0.1, -0.05) is 13.3 Å². The first-order chi connectivity index (χ1) is 7.90. The van der Waals surface area contributed by atoms with Crippen LogP contribution in [0.5, 0.6) is 0 Å². The highest BCUT2D eigenvalue weighted by atomic mass is 16.5. The Kier molecular flexibility index (Phi) is 5.07. The van der Waals surface area contributed by atoms with Gasteiger partial charge in [0.15, 0.2) is 0 Å². The zero-order chi connectivity index (χ0) is 11.2. The number of likely N-dealkylation sites (tertiary alicyclic amines) is 1. The van der Waals surface area contributed by atoms with E-state index in [1.54, 1.807) is 0 Å². The van der Waals surface area contributed by atoms with Crippen LogP contribution in [0.4, 0.5) is 0 Å². The molecule has 3 nitrogen and oxygen atoms in total. The third-order valence-corrected chi connectivity index (χ3v) is 3.88. The van der Waals surface area contributed by atoms with Crippen LogP contribution in [-0.4, -0.2) is 50.3 Å². The molecule has 0 radical (unpaired) electrons. The number of piperidine rings is 1. The molecule has 0 bridgehead atoms. The van der Waals surface area contributed by atoms with Crippen LogP contribution in [0.25, 0.3) is 0 Å². The number of rotatable bonds is 4. The van der Waals surface area contributed by atoms with Crippen LogP contribution < -0.4 is 5.32 Å². The highest BCUT2D eigenvalue weighted by Crippen LogP contribution is 2.18. The SMILES string of the molecule is CCNC1CCOCC1CN1CCCCC1. The molecule has 0 aliphatic carbocycles. The minimum absolute atomic E-state index is 0.681. The van der Waals surface area contributed by atoms with Gasteiger partial charge in [-0.25, -0.2) is 0 Å². The molecule has 0 amide bonds. The van der Waals surface area contributed by atoms with Crippen molar-refractivity contribution in [1.29, 1.82) is 0 Å². The van der Waals surface area contributed by atoms with E-state index in [4.69, 9.17) is 4.74 Å². The van der Waals surface area contributed by atoms with Crippen LogP contribution in [0.3, 0.4) is 0 Å². The number of hydrogen-bond donors (Lipinski definition) is 1. The fraction of sp³-hybridized carbons (Fsp3) is 1.00. The Bertz CT molecular complexity index is 190. The number of nitrogens with one attached hydrogen (secondary N) is 1. The summed E-state index contributed by atoms with van der Waals surface area (Å²) in [4.78, 5) is 2.63. The topological polar surface area (TPSA) is 24.5 Å². The summed E-state index contributed by atoms with van der Waals surface area (Å²) in [5.74, 6) is 0.701. The summed E-state index contributed by atoms with van der Waals surface area (Å²) in [5.41, 5.74) is 0. The number of hydrogen-bond acceptors (Lipinski definition) is 3. The molecule has 94 valence electrons. The second kappa shape index (κ2) is 6.58. The standard InChI is InChI=1S/C13H26N2O/c1-2-14-13-6-9-16-11-12(13)10-15-7-4-3-5-8-15/h12-14H,2-11H2,1H3. The van der Waals surface area contributed by atoms with Crippen LogP contribution in [0.2, 0.25) is 0 Å². The zero-order valence-electron chi connectivity index (χ0n) is 10.6. The molecule has 0 spiro atoms. The van der Waals surface area contributed by atoms with E-state index in [-0.39, 0.29) is 0 Å². The number of ether oxygens (including phenoxy) is 1. The summed E-state index contributed by atoms with van der Waals surface area (Å²) >= 11 is 0. The monoisotopic (exact) mass is 226 g/mol. The molecule has 2 saturated heterocycles. The minimum Gasteiger partial charge on any atom is -0.381 e. The first-order valence-corrected chi connectivity index (χ1v) is 6.93. The maximum atomic E-state index is 5.63. The molecule has 2 rings (SSSR count). The van der Waals surface area contributed by atoms with Gasteiger partial charge in [0.25, 0.3) is 0 Å². The van der Waals surface area contributed by atoms with Gasteiger partial charge in [-0.05, 0) is 38.9 Å². The molecular formula is C13H26N2O. The second-order valence-corrected chi connectivity index (χ2v) is 5.15. The van der Waals surface area contributed by atoms with Gasteiger partial charge in [0.05, 0.1) is 6.61 Å². The van der Waals surface area contributed by atoms with Gasteiger partial charge in [-0.15, -0.1) is 0 Å². The molecule has 0 aromatic rings. The first-order valence-electron chi connectivity index (χ1n) is 6.93. The quantitative estimate of drug-likeness (QED) is 0.786. The van der Waals surface area contributed by atoms with Crippen molar-refractivity contribution in [3.8, 4) is 0 Å². The summed E-state index contributed by atoms with van der Waals surface area (Å²) < 4.78 is 5.63.